The molecule has 2 rings (SSSR count). The van der Waals surface area contributed by atoms with E-state index in [1.807, 2.05) is 12.1 Å². The highest BCUT2D eigenvalue weighted by molar-refractivity contribution is 5.58. The first-order valence-corrected chi connectivity index (χ1v) is 7.23. The van der Waals surface area contributed by atoms with Gasteiger partial charge in [-0.15, -0.1) is 0 Å². The van der Waals surface area contributed by atoms with Crippen molar-refractivity contribution in [2.24, 2.45) is 0 Å². The molecule has 1 unspecified atom stereocenters. The largest absolute Gasteiger partial charge is 0.433 e. The molecule has 1 aromatic carbocycles. The Morgan fingerprint density at radius 2 is 2.20 bits per heavy atom. The van der Waals surface area contributed by atoms with Gasteiger partial charge in [-0.25, -0.2) is 0 Å². The fraction of sp³-hybridized carbons (Fsp3) is 0.600. The minimum absolute atomic E-state index is 0.264. The molecule has 1 N–H and O–H groups in total. The van der Waals surface area contributed by atoms with Gasteiger partial charge in [-0.1, -0.05) is 25.5 Å². The van der Waals surface area contributed by atoms with Gasteiger partial charge in [0.1, 0.15) is 5.75 Å². The number of nitrogens with zero attached hydrogens (tertiary/aromatic N) is 1. The normalized spacial score (nSPS) is 20.0. The van der Waals surface area contributed by atoms with Crippen LogP contribution in [0.2, 0.25) is 0 Å². The van der Waals surface area contributed by atoms with Crippen LogP contribution in [-0.2, 0) is 0 Å². The summed E-state index contributed by atoms with van der Waals surface area (Å²) in [6.07, 6.45) is 3.21. The molecule has 1 aliphatic heterocycles. The van der Waals surface area contributed by atoms with Crippen molar-refractivity contribution in [2.45, 2.75) is 38.8 Å². The molecule has 0 amide bonds. The van der Waals surface area contributed by atoms with Crippen LogP contribution in [0.25, 0.3) is 0 Å². The number of nitrogens with one attached hydrogen (secondary N) is 1. The molecule has 1 heterocycles. The van der Waals surface area contributed by atoms with E-state index in [0.717, 1.165) is 44.6 Å². The lowest BCUT2D eigenvalue weighted by atomic mass is 10.1. The molecule has 20 heavy (non-hydrogen) atoms. The predicted octanol–water partition coefficient (Wildman–Crippen LogP) is 3.26. The summed E-state index contributed by atoms with van der Waals surface area (Å²) in [6.45, 7) is 2.03. The Labute approximate surface area is 118 Å². The fourth-order valence-corrected chi connectivity index (χ4v) is 2.67. The van der Waals surface area contributed by atoms with Crippen LogP contribution in [0, 0.1) is 0 Å². The van der Waals surface area contributed by atoms with E-state index in [-0.39, 0.29) is 5.75 Å². The van der Waals surface area contributed by atoms with E-state index < -0.39 is 6.61 Å². The topological polar surface area (TPSA) is 24.5 Å². The van der Waals surface area contributed by atoms with Gasteiger partial charge in [0.25, 0.3) is 0 Å². The molecular weight excluding hydrogens is 262 g/mol. The first-order chi connectivity index (χ1) is 9.70. The molecule has 1 saturated heterocycles. The van der Waals surface area contributed by atoms with Crippen LogP contribution >= 0.6 is 0 Å². The van der Waals surface area contributed by atoms with Crippen molar-refractivity contribution in [2.75, 3.05) is 24.5 Å². The number of halogens is 2. The van der Waals surface area contributed by atoms with E-state index in [1.165, 1.54) is 0 Å². The highest BCUT2D eigenvalue weighted by Gasteiger charge is 2.20. The number of anilines is 1. The van der Waals surface area contributed by atoms with Crippen molar-refractivity contribution < 1.29 is 13.5 Å². The monoisotopic (exact) mass is 284 g/mol. The van der Waals surface area contributed by atoms with Crippen molar-refractivity contribution in [1.29, 1.82) is 0 Å². The highest BCUT2D eigenvalue weighted by atomic mass is 19.3. The Bertz CT molecular complexity index is 415. The summed E-state index contributed by atoms with van der Waals surface area (Å²) in [4.78, 5) is 2.15. The third-order valence-electron chi connectivity index (χ3n) is 3.54. The molecule has 5 heteroatoms. The first kappa shape index (κ1) is 15.0. The van der Waals surface area contributed by atoms with E-state index in [2.05, 4.69) is 21.9 Å². The van der Waals surface area contributed by atoms with Gasteiger partial charge in [0, 0.05) is 19.1 Å². The lowest BCUT2D eigenvalue weighted by molar-refractivity contribution is -0.0495. The molecule has 0 aromatic heterocycles. The number of hydrogen-bond donors (Lipinski definition) is 1. The summed E-state index contributed by atoms with van der Waals surface area (Å²) in [6, 6.07) is 7.45. The molecule has 112 valence electrons. The zero-order chi connectivity index (χ0) is 14.4. The van der Waals surface area contributed by atoms with Gasteiger partial charge >= 0.3 is 6.61 Å². The minimum atomic E-state index is -2.78. The average molecular weight is 284 g/mol. The standard InChI is InChI=1S/C15H22F2N2O/c1-2-6-12-11-19(10-5-9-18-12)13-7-3-4-8-14(13)20-15(16)17/h3-4,7-8,12,15,18H,2,5-6,9-11H2,1H3. The Morgan fingerprint density at radius 3 is 2.95 bits per heavy atom. The van der Waals surface area contributed by atoms with Crippen molar-refractivity contribution in [1.82, 2.24) is 5.32 Å². The molecular formula is C15H22F2N2O. The third kappa shape index (κ3) is 4.07. The number of hydrogen-bond acceptors (Lipinski definition) is 3. The molecule has 0 radical (unpaired) electrons. The van der Waals surface area contributed by atoms with E-state index in [4.69, 9.17) is 0 Å². The van der Waals surface area contributed by atoms with Crippen LogP contribution in [0.15, 0.2) is 24.3 Å². The Morgan fingerprint density at radius 1 is 1.40 bits per heavy atom. The van der Waals surface area contributed by atoms with E-state index in [9.17, 15) is 8.78 Å². The summed E-state index contributed by atoms with van der Waals surface area (Å²) in [7, 11) is 0. The van der Waals surface area contributed by atoms with E-state index >= 15 is 0 Å². The predicted molar refractivity (Wildman–Crippen MR) is 76.6 cm³/mol. The highest BCUT2D eigenvalue weighted by Crippen LogP contribution is 2.30. The molecule has 0 aliphatic carbocycles. The quantitative estimate of drug-likeness (QED) is 0.898. The average Bonchev–Trinajstić information content (AvgIpc) is 2.65. The van der Waals surface area contributed by atoms with Crippen LogP contribution in [-0.4, -0.2) is 32.3 Å². The lowest BCUT2D eigenvalue weighted by Crippen LogP contribution is -2.37. The van der Waals surface area contributed by atoms with Crippen LogP contribution in [0.1, 0.15) is 26.2 Å². The van der Waals surface area contributed by atoms with Gasteiger partial charge in [0.2, 0.25) is 0 Å². The summed E-state index contributed by atoms with van der Waals surface area (Å²) < 4.78 is 29.6. The summed E-state index contributed by atoms with van der Waals surface area (Å²) in [5.74, 6) is 0.264. The van der Waals surface area contributed by atoms with Crippen molar-refractivity contribution >= 4 is 5.69 Å². The Balaban J connectivity index is 2.16. The molecule has 1 fully saturated rings. The van der Waals surface area contributed by atoms with Crippen LogP contribution < -0.4 is 15.0 Å². The molecule has 0 saturated carbocycles. The van der Waals surface area contributed by atoms with E-state index in [0.29, 0.717) is 6.04 Å². The third-order valence-corrected chi connectivity index (χ3v) is 3.54. The molecule has 1 atom stereocenters. The van der Waals surface area contributed by atoms with Crippen LogP contribution in [0.4, 0.5) is 14.5 Å². The fourth-order valence-electron chi connectivity index (χ4n) is 2.67. The molecule has 1 aliphatic rings. The van der Waals surface area contributed by atoms with Gasteiger partial charge in [-0.05, 0) is 31.5 Å². The van der Waals surface area contributed by atoms with Crippen LogP contribution in [0.3, 0.4) is 0 Å². The second kappa shape index (κ2) is 7.43. The SMILES string of the molecule is CCCC1CN(c2ccccc2OC(F)F)CCCN1. The Kier molecular flexibility index (Phi) is 5.59. The summed E-state index contributed by atoms with van der Waals surface area (Å²) in [5.41, 5.74) is 0.762. The van der Waals surface area contributed by atoms with Crippen molar-refractivity contribution in [3.05, 3.63) is 24.3 Å². The molecule has 0 spiro atoms. The van der Waals surface area contributed by atoms with Gasteiger partial charge in [-0.2, -0.15) is 8.78 Å². The number of benzene rings is 1. The zero-order valence-electron chi connectivity index (χ0n) is 11.8. The number of ether oxygens (including phenoxy) is 1. The first-order valence-electron chi connectivity index (χ1n) is 7.23. The van der Waals surface area contributed by atoms with Gasteiger partial charge in [0.15, 0.2) is 0 Å². The molecule has 3 nitrogen and oxygen atoms in total. The smallest absolute Gasteiger partial charge is 0.387 e. The Hall–Kier alpha value is -1.36. The maximum atomic E-state index is 12.5. The lowest BCUT2D eigenvalue weighted by Gasteiger charge is -2.28. The van der Waals surface area contributed by atoms with Crippen molar-refractivity contribution in [3.8, 4) is 5.75 Å². The van der Waals surface area contributed by atoms with Crippen LogP contribution in [0.5, 0.6) is 5.75 Å². The van der Waals surface area contributed by atoms with Gasteiger partial charge in [0.05, 0.1) is 5.69 Å². The van der Waals surface area contributed by atoms with Gasteiger partial charge < -0.3 is 15.0 Å². The molecule has 1 aromatic rings. The summed E-state index contributed by atoms with van der Waals surface area (Å²) >= 11 is 0. The summed E-state index contributed by atoms with van der Waals surface area (Å²) in [5, 5.41) is 3.51. The van der Waals surface area contributed by atoms with E-state index in [1.54, 1.807) is 12.1 Å². The van der Waals surface area contributed by atoms with Gasteiger partial charge in [-0.3, -0.25) is 0 Å². The molecule has 0 bridgehead atoms. The minimum Gasteiger partial charge on any atom is -0.433 e. The van der Waals surface area contributed by atoms with Crippen molar-refractivity contribution in [3.63, 3.8) is 0 Å². The number of para-hydroxylation sites is 2. The number of rotatable bonds is 5. The zero-order valence-corrected chi connectivity index (χ0v) is 11.8. The maximum absolute atomic E-state index is 12.5. The second-order valence-electron chi connectivity index (χ2n) is 5.09. The second-order valence-corrected chi connectivity index (χ2v) is 5.09. The maximum Gasteiger partial charge on any atom is 0.387 e. The number of alkyl halides is 2.